The zero-order valence-electron chi connectivity index (χ0n) is 26.0. The van der Waals surface area contributed by atoms with Crippen LogP contribution in [-0.4, -0.2) is 0 Å². The van der Waals surface area contributed by atoms with Gasteiger partial charge in [-0.15, -0.1) is 0 Å². The highest BCUT2D eigenvalue weighted by molar-refractivity contribution is 6.04. The predicted octanol–water partition coefficient (Wildman–Crippen LogP) is 13.0. The monoisotopic (exact) mass is 599 g/mol. The van der Waals surface area contributed by atoms with Crippen LogP contribution in [0.1, 0.15) is 0 Å². The molecule has 0 aliphatic rings. The van der Waals surface area contributed by atoms with E-state index in [-0.39, 0.29) is 0 Å². The molecule has 0 aliphatic carbocycles. The van der Waals surface area contributed by atoms with Gasteiger partial charge in [-0.2, -0.15) is 0 Å². The summed E-state index contributed by atoms with van der Waals surface area (Å²) in [7, 11) is 0. The third kappa shape index (κ3) is 5.60. The van der Waals surface area contributed by atoms with Crippen LogP contribution in [0, 0.1) is 0 Å². The molecule has 0 radical (unpaired) electrons. The summed E-state index contributed by atoms with van der Waals surface area (Å²) < 4.78 is 0. The van der Waals surface area contributed by atoms with Crippen molar-refractivity contribution in [2.24, 2.45) is 0 Å². The van der Waals surface area contributed by atoms with Gasteiger partial charge in [0.15, 0.2) is 0 Å². The number of fused-ring (bicyclic) bond motifs is 1. The number of para-hydroxylation sites is 1. The Morgan fingerprint density at radius 2 is 0.872 bits per heavy atom. The van der Waals surface area contributed by atoms with Gasteiger partial charge in [-0.25, -0.2) is 0 Å². The summed E-state index contributed by atoms with van der Waals surface area (Å²) >= 11 is 0. The van der Waals surface area contributed by atoms with Crippen LogP contribution < -0.4 is 4.90 Å². The maximum Gasteiger partial charge on any atom is 0.0540 e. The molecule has 1 heteroatoms. The van der Waals surface area contributed by atoms with E-state index in [0.29, 0.717) is 0 Å². The molecule has 0 aliphatic heterocycles. The molecule has 8 aromatic rings. The van der Waals surface area contributed by atoms with Crippen molar-refractivity contribution in [1.82, 2.24) is 0 Å². The van der Waals surface area contributed by atoms with Crippen LogP contribution in [0.4, 0.5) is 17.1 Å². The SMILES string of the molecule is c1ccc(-c2cccc(N(c3ccc(-c4ccc5ccccc5c4-c4ccccc4)cc3)c3ccccc3-c3ccccc3)c2)cc1. The molecule has 222 valence electrons. The minimum atomic E-state index is 1.10. The highest BCUT2D eigenvalue weighted by Gasteiger charge is 2.19. The molecular weight excluding hydrogens is 567 g/mol. The van der Waals surface area contributed by atoms with Gasteiger partial charge >= 0.3 is 0 Å². The van der Waals surface area contributed by atoms with E-state index in [1.807, 2.05) is 0 Å². The molecule has 0 saturated heterocycles. The Kier molecular flexibility index (Phi) is 7.63. The van der Waals surface area contributed by atoms with Gasteiger partial charge in [0.25, 0.3) is 0 Å². The summed E-state index contributed by atoms with van der Waals surface area (Å²) in [6.45, 7) is 0. The molecule has 8 rings (SSSR count). The average Bonchev–Trinajstić information content (AvgIpc) is 3.16. The second kappa shape index (κ2) is 12.7. The molecule has 0 fully saturated rings. The maximum absolute atomic E-state index is 2.39. The summed E-state index contributed by atoms with van der Waals surface area (Å²) in [5.74, 6) is 0. The van der Waals surface area contributed by atoms with Gasteiger partial charge in [-0.1, -0.05) is 170 Å². The van der Waals surface area contributed by atoms with E-state index in [0.717, 1.165) is 17.1 Å². The maximum atomic E-state index is 2.39. The van der Waals surface area contributed by atoms with Crippen molar-refractivity contribution in [3.63, 3.8) is 0 Å². The topological polar surface area (TPSA) is 3.24 Å². The molecule has 0 unspecified atom stereocenters. The van der Waals surface area contributed by atoms with E-state index in [1.165, 1.54) is 55.3 Å². The van der Waals surface area contributed by atoms with Gasteiger partial charge in [0.1, 0.15) is 0 Å². The lowest BCUT2D eigenvalue weighted by molar-refractivity contribution is 1.28. The van der Waals surface area contributed by atoms with Crippen molar-refractivity contribution in [2.45, 2.75) is 0 Å². The molecule has 0 saturated carbocycles. The Morgan fingerprint density at radius 3 is 1.62 bits per heavy atom. The summed E-state index contributed by atoms with van der Waals surface area (Å²) in [6.07, 6.45) is 0. The predicted molar refractivity (Wildman–Crippen MR) is 200 cm³/mol. The van der Waals surface area contributed by atoms with Crippen molar-refractivity contribution < 1.29 is 0 Å². The van der Waals surface area contributed by atoms with Gasteiger partial charge in [0.2, 0.25) is 0 Å². The first-order chi connectivity index (χ1) is 23.3. The number of nitrogens with zero attached hydrogens (tertiary/aromatic N) is 1. The summed E-state index contributed by atoms with van der Waals surface area (Å²) in [4.78, 5) is 2.39. The fraction of sp³-hybridized carbons (Fsp3) is 0. The third-order valence-electron chi connectivity index (χ3n) is 8.87. The van der Waals surface area contributed by atoms with Gasteiger partial charge in [0, 0.05) is 16.9 Å². The molecule has 47 heavy (non-hydrogen) atoms. The Labute approximate surface area is 276 Å². The van der Waals surface area contributed by atoms with Crippen LogP contribution in [0.5, 0.6) is 0 Å². The second-order valence-electron chi connectivity index (χ2n) is 11.8. The summed E-state index contributed by atoms with van der Waals surface area (Å²) in [5, 5.41) is 2.50. The molecule has 1 nitrogen and oxygen atoms in total. The fourth-order valence-corrected chi connectivity index (χ4v) is 6.63. The van der Waals surface area contributed by atoms with E-state index < -0.39 is 0 Å². The molecule has 0 heterocycles. The molecule has 8 aromatic carbocycles. The molecule has 0 atom stereocenters. The molecule has 0 N–H and O–H groups in total. The van der Waals surface area contributed by atoms with E-state index >= 15 is 0 Å². The molecule has 0 bridgehead atoms. The number of rotatable bonds is 7. The zero-order chi connectivity index (χ0) is 31.4. The lowest BCUT2D eigenvalue weighted by atomic mass is 9.89. The van der Waals surface area contributed by atoms with Gasteiger partial charge < -0.3 is 4.90 Å². The standard InChI is InChI=1S/C46H33N/c1-4-15-34(16-5-1)39-22-14-23-41(33-39)47(45-26-13-12-24-42(45)35-17-6-2-7-18-35)40-30-27-37(28-31-40)44-32-29-36-19-10-11-25-43(36)46(44)38-20-8-3-9-21-38/h1-33H. The fourth-order valence-electron chi connectivity index (χ4n) is 6.63. The Bertz CT molecular complexity index is 2270. The van der Waals surface area contributed by atoms with E-state index in [1.54, 1.807) is 0 Å². The van der Waals surface area contributed by atoms with Gasteiger partial charge in [-0.05, 0) is 80.0 Å². The largest absolute Gasteiger partial charge is 0.310 e. The quantitative estimate of drug-likeness (QED) is 0.176. The minimum Gasteiger partial charge on any atom is -0.310 e. The Hall–Kier alpha value is -6.18. The van der Waals surface area contributed by atoms with Crippen LogP contribution in [0.3, 0.4) is 0 Å². The number of hydrogen-bond donors (Lipinski definition) is 0. The Morgan fingerprint density at radius 1 is 0.298 bits per heavy atom. The van der Waals surface area contributed by atoms with Crippen molar-refractivity contribution in [1.29, 1.82) is 0 Å². The molecule has 0 aromatic heterocycles. The first kappa shape index (κ1) is 28.3. The minimum absolute atomic E-state index is 1.10. The van der Waals surface area contributed by atoms with Crippen molar-refractivity contribution >= 4 is 27.8 Å². The van der Waals surface area contributed by atoms with E-state index in [2.05, 4.69) is 205 Å². The van der Waals surface area contributed by atoms with Crippen LogP contribution in [-0.2, 0) is 0 Å². The van der Waals surface area contributed by atoms with Crippen molar-refractivity contribution in [2.75, 3.05) is 4.90 Å². The molecule has 0 spiro atoms. The summed E-state index contributed by atoms with van der Waals surface area (Å²) in [5.41, 5.74) is 13.0. The molecule has 0 amide bonds. The van der Waals surface area contributed by atoms with Gasteiger partial charge in [0.05, 0.1) is 5.69 Å². The number of anilines is 3. The van der Waals surface area contributed by atoms with E-state index in [4.69, 9.17) is 0 Å². The van der Waals surface area contributed by atoms with Gasteiger partial charge in [-0.3, -0.25) is 0 Å². The average molecular weight is 600 g/mol. The highest BCUT2D eigenvalue weighted by Crippen LogP contribution is 2.43. The van der Waals surface area contributed by atoms with Crippen molar-refractivity contribution in [3.05, 3.63) is 200 Å². The second-order valence-corrected chi connectivity index (χ2v) is 11.8. The first-order valence-electron chi connectivity index (χ1n) is 16.1. The zero-order valence-corrected chi connectivity index (χ0v) is 26.0. The van der Waals surface area contributed by atoms with Crippen LogP contribution >= 0.6 is 0 Å². The lowest BCUT2D eigenvalue weighted by Crippen LogP contribution is -2.11. The van der Waals surface area contributed by atoms with Crippen LogP contribution in [0.15, 0.2) is 200 Å². The smallest absolute Gasteiger partial charge is 0.0540 e. The Balaban J connectivity index is 1.29. The van der Waals surface area contributed by atoms with Crippen LogP contribution in [0.2, 0.25) is 0 Å². The summed E-state index contributed by atoms with van der Waals surface area (Å²) in [6, 6.07) is 71.8. The third-order valence-corrected chi connectivity index (χ3v) is 8.87. The molecular formula is C46H33N. The van der Waals surface area contributed by atoms with Crippen molar-refractivity contribution in [3.8, 4) is 44.5 Å². The van der Waals surface area contributed by atoms with E-state index in [9.17, 15) is 0 Å². The number of hydrogen-bond acceptors (Lipinski definition) is 1. The first-order valence-corrected chi connectivity index (χ1v) is 16.1. The number of benzene rings is 8. The highest BCUT2D eigenvalue weighted by atomic mass is 15.1. The van der Waals surface area contributed by atoms with Crippen LogP contribution in [0.25, 0.3) is 55.3 Å². The normalized spacial score (nSPS) is 11.0. The lowest BCUT2D eigenvalue weighted by Gasteiger charge is -2.28.